The third kappa shape index (κ3) is 3.54. The van der Waals surface area contributed by atoms with Crippen molar-refractivity contribution < 1.29 is 9.52 Å². The van der Waals surface area contributed by atoms with Crippen LogP contribution in [0.1, 0.15) is 5.56 Å². The fourth-order valence-corrected chi connectivity index (χ4v) is 3.61. The molecule has 2 aromatic carbocycles. The fourth-order valence-electron chi connectivity index (χ4n) is 3.43. The van der Waals surface area contributed by atoms with Gasteiger partial charge in [0.25, 0.3) is 0 Å². The smallest absolute Gasteiger partial charge is 0.336 e. The average molecular weight is 371 g/mol. The van der Waals surface area contributed by atoms with E-state index in [9.17, 15) is 9.90 Å². The van der Waals surface area contributed by atoms with E-state index in [1.54, 1.807) is 18.2 Å². The third-order valence-corrected chi connectivity index (χ3v) is 4.99. The van der Waals surface area contributed by atoms with Crippen molar-refractivity contribution in [2.45, 2.75) is 6.54 Å². The summed E-state index contributed by atoms with van der Waals surface area (Å²) in [6, 6.07) is 14.3. The minimum absolute atomic E-state index is 0.0907. The van der Waals surface area contributed by atoms with Gasteiger partial charge in [0.2, 0.25) is 0 Å². The highest BCUT2D eigenvalue weighted by molar-refractivity contribution is 6.30. The van der Waals surface area contributed by atoms with Crippen LogP contribution in [0.5, 0.6) is 5.75 Å². The van der Waals surface area contributed by atoms with E-state index >= 15 is 0 Å². The SMILES string of the molecule is O=c1cc(CN2CCN(c3cccc(Cl)c3)CC2)c2ccc(O)cc2o1. The van der Waals surface area contributed by atoms with Gasteiger partial charge in [0, 0.05) is 61.0 Å². The van der Waals surface area contributed by atoms with Crippen molar-refractivity contribution in [2.75, 3.05) is 31.1 Å². The first kappa shape index (κ1) is 16.9. The molecule has 1 saturated heterocycles. The number of hydrogen-bond donors (Lipinski definition) is 1. The number of anilines is 1. The molecule has 1 N–H and O–H groups in total. The van der Waals surface area contributed by atoms with Gasteiger partial charge in [0.05, 0.1) is 0 Å². The maximum absolute atomic E-state index is 11.8. The summed E-state index contributed by atoms with van der Waals surface area (Å²) in [5.41, 5.74) is 2.09. The van der Waals surface area contributed by atoms with Crippen molar-refractivity contribution in [1.82, 2.24) is 4.90 Å². The number of phenols is 1. The quantitative estimate of drug-likeness (QED) is 0.715. The summed E-state index contributed by atoms with van der Waals surface area (Å²) in [4.78, 5) is 16.5. The molecule has 4 rings (SSSR count). The van der Waals surface area contributed by atoms with Gasteiger partial charge in [-0.15, -0.1) is 0 Å². The monoisotopic (exact) mass is 370 g/mol. The number of nitrogens with zero attached hydrogens (tertiary/aromatic N) is 2. The highest BCUT2D eigenvalue weighted by Crippen LogP contribution is 2.24. The topological polar surface area (TPSA) is 56.9 Å². The summed E-state index contributed by atoms with van der Waals surface area (Å²) in [6.45, 7) is 4.27. The lowest BCUT2D eigenvalue weighted by molar-refractivity contribution is 0.250. The van der Waals surface area contributed by atoms with E-state index in [0.29, 0.717) is 12.1 Å². The normalized spacial score (nSPS) is 15.5. The maximum Gasteiger partial charge on any atom is 0.336 e. The van der Waals surface area contributed by atoms with E-state index in [2.05, 4.69) is 15.9 Å². The average Bonchev–Trinajstić information content (AvgIpc) is 2.62. The molecule has 1 fully saturated rings. The van der Waals surface area contributed by atoms with Crippen molar-refractivity contribution in [3.05, 3.63) is 69.5 Å². The number of halogens is 1. The van der Waals surface area contributed by atoms with Gasteiger partial charge in [0.1, 0.15) is 11.3 Å². The Morgan fingerprint density at radius 2 is 1.85 bits per heavy atom. The van der Waals surface area contributed by atoms with Gasteiger partial charge in [-0.2, -0.15) is 0 Å². The van der Waals surface area contributed by atoms with Crippen LogP contribution in [0, 0.1) is 0 Å². The Bertz CT molecular complexity index is 994. The van der Waals surface area contributed by atoms with Crippen molar-refractivity contribution in [3.63, 3.8) is 0 Å². The second-order valence-electron chi connectivity index (χ2n) is 6.51. The predicted octanol–water partition coefficient (Wildman–Crippen LogP) is 3.47. The maximum atomic E-state index is 11.8. The van der Waals surface area contributed by atoms with Crippen LogP contribution in [-0.2, 0) is 6.54 Å². The first-order chi connectivity index (χ1) is 12.6. The predicted molar refractivity (Wildman–Crippen MR) is 103 cm³/mol. The van der Waals surface area contributed by atoms with E-state index in [4.69, 9.17) is 16.0 Å². The van der Waals surface area contributed by atoms with Crippen molar-refractivity contribution in [2.24, 2.45) is 0 Å². The van der Waals surface area contributed by atoms with Crippen molar-refractivity contribution >= 4 is 28.3 Å². The number of fused-ring (bicyclic) bond motifs is 1. The molecule has 134 valence electrons. The highest BCUT2D eigenvalue weighted by Gasteiger charge is 2.19. The number of hydrogen-bond acceptors (Lipinski definition) is 5. The molecule has 0 spiro atoms. The molecule has 0 amide bonds. The Morgan fingerprint density at radius 3 is 2.62 bits per heavy atom. The largest absolute Gasteiger partial charge is 0.508 e. The summed E-state index contributed by atoms with van der Waals surface area (Å²) >= 11 is 6.09. The van der Waals surface area contributed by atoms with Crippen LogP contribution in [0.3, 0.4) is 0 Å². The van der Waals surface area contributed by atoms with E-state index in [0.717, 1.165) is 47.8 Å². The first-order valence-electron chi connectivity index (χ1n) is 8.57. The molecular weight excluding hydrogens is 352 g/mol. The van der Waals surface area contributed by atoms with Crippen molar-refractivity contribution in [1.29, 1.82) is 0 Å². The van der Waals surface area contributed by atoms with Gasteiger partial charge >= 0.3 is 5.63 Å². The minimum atomic E-state index is -0.393. The zero-order valence-electron chi connectivity index (χ0n) is 14.2. The van der Waals surface area contributed by atoms with E-state index in [-0.39, 0.29) is 5.75 Å². The molecule has 5 nitrogen and oxygen atoms in total. The Hall–Kier alpha value is -2.50. The Kier molecular flexibility index (Phi) is 4.57. The number of piperazine rings is 1. The summed E-state index contributed by atoms with van der Waals surface area (Å²) < 4.78 is 5.20. The summed E-state index contributed by atoms with van der Waals surface area (Å²) in [5.74, 6) is 0.0907. The zero-order valence-corrected chi connectivity index (χ0v) is 14.9. The molecule has 0 bridgehead atoms. The van der Waals surface area contributed by atoms with Gasteiger partial charge in [-0.05, 0) is 35.9 Å². The third-order valence-electron chi connectivity index (χ3n) is 4.75. The van der Waals surface area contributed by atoms with Gasteiger partial charge in [-0.25, -0.2) is 4.79 Å². The van der Waals surface area contributed by atoms with Crippen LogP contribution in [0.2, 0.25) is 5.02 Å². The lowest BCUT2D eigenvalue weighted by Gasteiger charge is -2.36. The van der Waals surface area contributed by atoms with Crippen LogP contribution < -0.4 is 10.5 Å². The standard InChI is InChI=1S/C20H19ClN2O3/c21-15-2-1-3-16(11-15)23-8-6-22(7-9-23)13-14-10-20(25)26-19-12-17(24)4-5-18(14)19/h1-5,10-12,24H,6-9,13H2. The molecule has 0 unspecified atom stereocenters. The van der Waals surface area contributed by atoms with Crippen LogP contribution in [-0.4, -0.2) is 36.2 Å². The molecular formula is C20H19ClN2O3. The van der Waals surface area contributed by atoms with Gasteiger partial charge in [-0.3, -0.25) is 4.90 Å². The van der Waals surface area contributed by atoms with E-state index in [1.165, 1.54) is 6.07 Å². The summed E-state index contributed by atoms with van der Waals surface area (Å²) in [7, 11) is 0. The molecule has 6 heteroatoms. The Labute approximate surface area is 156 Å². The zero-order chi connectivity index (χ0) is 18.1. The molecule has 1 aliphatic heterocycles. The molecule has 2 heterocycles. The lowest BCUT2D eigenvalue weighted by Crippen LogP contribution is -2.46. The first-order valence-corrected chi connectivity index (χ1v) is 8.95. The molecule has 1 aliphatic rings. The second-order valence-corrected chi connectivity index (χ2v) is 6.95. The minimum Gasteiger partial charge on any atom is -0.508 e. The molecule has 0 aliphatic carbocycles. The molecule has 1 aromatic heterocycles. The Morgan fingerprint density at radius 1 is 1.04 bits per heavy atom. The lowest BCUT2D eigenvalue weighted by atomic mass is 10.1. The molecule has 0 radical (unpaired) electrons. The van der Waals surface area contributed by atoms with E-state index in [1.807, 2.05) is 18.2 Å². The van der Waals surface area contributed by atoms with Crippen LogP contribution in [0.4, 0.5) is 5.69 Å². The number of aromatic hydroxyl groups is 1. The molecule has 0 saturated carbocycles. The van der Waals surface area contributed by atoms with Gasteiger partial charge in [0.15, 0.2) is 0 Å². The van der Waals surface area contributed by atoms with Crippen LogP contribution in [0.25, 0.3) is 11.0 Å². The number of benzene rings is 2. The fraction of sp³-hybridized carbons (Fsp3) is 0.250. The second kappa shape index (κ2) is 7.02. The van der Waals surface area contributed by atoms with Gasteiger partial charge < -0.3 is 14.4 Å². The highest BCUT2D eigenvalue weighted by atomic mass is 35.5. The van der Waals surface area contributed by atoms with Crippen molar-refractivity contribution in [3.8, 4) is 5.75 Å². The van der Waals surface area contributed by atoms with Gasteiger partial charge in [-0.1, -0.05) is 17.7 Å². The molecule has 0 atom stereocenters. The number of rotatable bonds is 3. The number of phenolic OH excluding ortho intramolecular Hbond substituents is 1. The molecule has 3 aromatic rings. The van der Waals surface area contributed by atoms with E-state index < -0.39 is 5.63 Å². The Balaban J connectivity index is 1.50. The molecule has 26 heavy (non-hydrogen) atoms. The van der Waals surface area contributed by atoms with Crippen LogP contribution in [0.15, 0.2) is 57.7 Å². The summed E-state index contributed by atoms with van der Waals surface area (Å²) in [5, 5.41) is 11.2. The summed E-state index contributed by atoms with van der Waals surface area (Å²) in [6.07, 6.45) is 0. The van der Waals surface area contributed by atoms with Crippen LogP contribution >= 0.6 is 11.6 Å².